The van der Waals surface area contributed by atoms with Crippen molar-refractivity contribution >= 4 is 7.85 Å². The van der Waals surface area contributed by atoms with Gasteiger partial charge in [0.2, 0.25) is 0 Å². The largest absolute Gasteiger partial charge is 0.344 e. The molecule has 0 amide bonds. The Labute approximate surface area is 345 Å². The van der Waals surface area contributed by atoms with E-state index < -0.39 is 0 Å². The summed E-state index contributed by atoms with van der Waals surface area (Å²) in [5, 5.41) is 0. The number of hydrogen-bond donors (Lipinski definition) is 0. The highest BCUT2D eigenvalue weighted by atomic mass is 16.8. The molecule has 1 saturated heterocycles. The molecular weight excluding hydrogens is 669 g/mol. The normalized spacial score (nSPS) is 19.8. The summed E-state index contributed by atoms with van der Waals surface area (Å²) in [7, 11) is 4.66. The van der Waals surface area contributed by atoms with Crippen molar-refractivity contribution < 1.29 is 9.47 Å². The molecule has 2 rings (SSSR count). The number of ether oxygens (including phenoxy) is 2. The molecule has 0 aromatic carbocycles. The van der Waals surface area contributed by atoms with Crippen molar-refractivity contribution in [2.24, 2.45) is 0 Å². The van der Waals surface area contributed by atoms with Crippen molar-refractivity contribution in [3.05, 3.63) is 48.6 Å². The molecule has 0 N–H and O–H groups in total. The lowest BCUT2D eigenvalue weighted by molar-refractivity contribution is -0.193. The lowest BCUT2D eigenvalue weighted by Gasteiger charge is -2.32. The van der Waals surface area contributed by atoms with E-state index >= 15 is 0 Å². The Morgan fingerprint density at radius 1 is 0.473 bits per heavy atom. The maximum atomic E-state index is 7.01. The van der Waals surface area contributed by atoms with Gasteiger partial charge < -0.3 is 14.4 Å². The van der Waals surface area contributed by atoms with Crippen molar-refractivity contribution in [2.75, 3.05) is 13.6 Å². The average molecular weight is 764 g/mol. The predicted octanol–water partition coefficient (Wildman–Crippen LogP) is 15.4. The van der Waals surface area contributed by atoms with Crippen LogP contribution in [0.5, 0.6) is 0 Å². The fourth-order valence-electron chi connectivity index (χ4n) is 8.75. The third kappa shape index (κ3) is 26.5. The van der Waals surface area contributed by atoms with Gasteiger partial charge in [-0.3, -0.25) is 0 Å². The zero-order valence-electron chi connectivity index (χ0n) is 37.6. The van der Waals surface area contributed by atoms with Crippen LogP contribution in [0.15, 0.2) is 48.6 Å². The van der Waals surface area contributed by atoms with Crippen LogP contribution in [0, 0.1) is 0 Å². The predicted molar refractivity (Wildman–Crippen MR) is 247 cm³/mol. The summed E-state index contributed by atoms with van der Waals surface area (Å²) in [6, 6.07) is 0.622. The van der Waals surface area contributed by atoms with Crippen LogP contribution in [0.1, 0.15) is 232 Å². The van der Waals surface area contributed by atoms with Crippen molar-refractivity contribution in [2.45, 2.75) is 263 Å². The topological polar surface area (TPSA) is 21.7 Å². The molecule has 55 heavy (non-hydrogen) atoms. The molecule has 1 saturated carbocycles. The van der Waals surface area contributed by atoms with E-state index in [0.29, 0.717) is 18.2 Å². The Kier molecular flexibility index (Phi) is 32.8. The van der Waals surface area contributed by atoms with E-state index in [0.717, 1.165) is 38.5 Å². The zero-order chi connectivity index (χ0) is 39.3. The molecule has 3 nitrogen and oxygen atoms in total. The van der Waals surface area contributed by atoms with Gasteiger partial charge in [-0.15, -0.1) is 0 Å². The van der Waals surface area contributed by atoms with Crippen LogP contribution in [0.3, 0.4) is 0 Å². The van der Waals surface area contributed by atoms with Crippen LogP contribution in [0.25, 0.3) is 0 Å². The molecular formula is C51H94BNO2. The molecule has 318 valence electrons. The molecule has 0 aromatic rings. The van der Waals surface area contributed by atoms with Gasteiger partial charge in [0.1, 0.15) is 7.85 Å². The highest BCUT2D eigenvalue weighted by Gasteiger charge is 2.51. The number of unbranched alkanes of at least 4 members (excludes halogenated alkanes) is 23. The molecule has 0 bridgehead atoms. The van der Waals surface area contributed by atoms with Gasteiger partial charge in [0, 0.05) is 18.9 Å². The van der Waals surface area contributed by atoms with Crippen molar-refractivity contribution in [1.82, 2.24) is 4.90 Å². The lowest BCUT2D eigenvalue weighted by atomic mass is 9.98. The summed E-state index contributed by atoms with van der Waals surface area (Å²) in [5.74, 6) is -0.318. The first-order valence-electron chi connectivity index (χ1n) is 24.8. The van der Waals surface area contributed by atoms with Crippen molar-refractivity contribution in [3.8, 4) is 0 Å². The lowest BCUT2D eigenvalue weighted by Crippen LogP contribution is -2.36. The minimum absolute atomic E-state index is 0.302. The molecule has 0 radical (unpaired) electrons. The number of fused-ring (bicyclic) bond motifs is 1. The molecule has 0 aromatic heterocycles. The molecule has 1 aliphatic heterocycles. The van der Waals surface area contributed by atoms with E-state index in [1.165, 1.54) is 193 Å². The van der Waals surface area contributed by atoms with Crippen LogP contribution in [-0.2, 0) is 9.47 Å². The first-order valence-corrected chi connectivity index (χ1v) is 24.8. The fourth-order valence-corrected chi connectivity index (χ4v) is 8.75. The first-order chi connectivity index (χ1) is 27.1. The maximum absolute atomic E-state index is 7.01. The summed E-state index contributed by atoms with van der Waals surface area (Å²) >= 11 is 0. The Bertz CT molecular complexity index is 894. The van der Waals surface area contributed by atoms with Crippen LogP contribution in [0.2, 0.25) is 6.32 Å². The number of nitrogens with zero attached hydrogens (tertiary/aromatic N) is 1. The van der Waals surface area contributed by atoms with E-state index in [1.54, 1.807) is 0 Å². The number of allylic oxidation sites excluding steroid dienone is 8. The fraction of sp³-hybridized carbons (Fsp3) is 0.843. The van der Waals surface area contributed by atoms with Gasteiger partial charge >= 0.3 is 0 Å². The summed E-state index contributed by atoms with van der Waals surface area (Å²) < 4.78 is 14.0. The minimum Gasteiger partial charge on any atom is -0.344 e. The summed E-state index contributed by atoms with van der Waals surface area (Å²) in [5.41, 5.74) is 0. The van der Waals surface area contributed by atoms with Crippen LogP contribution < -0.4 is 0 Å². The van der Waals surface area contributed by atoms with Gasteiger partial charge in [0.05, 0.1) is 12.2 Å². The van der Waals surface area contributed by atoms with E-state index in [4.69, 9.17) is 9.47 Å². The Morgan fingerprint density at radius 2 is 0.836 bits per heavy atom. The maximum Gasteiger partial charge on any atom is 0.169 e. The van der Waals surface area contributed by atoms with Gasteiger partial charge in [0.25, 0.3) is 0 Å². The van der Waals surface area contributed by atoms with Crippen LogP contribution in [0.4, 0.5) is 0 Å². The summed E-state index contributed by atoms with van der Waals surface area (Å²) in [6.45, 7) is 5.78. The Morgan fingerprint density at radius 3 is 1.25 bits per heavy atom. The third-order valence-electron chi connectivity index (χ3n) is 12.4. The van der Waals surface area contributed by atoms with Gasteiger partial charge in [-0.2, -0.15) is 0 Å². The number of rotatable bonds is 39. The first kappa shape index (κ1) is 50.0. The molecule has 3 atom stereocenters. The highest BCUT2D eigenvalue weighted by Crippen LogP contribution is 2.44. The summed E-state index contributed by atoms with van der Waals surface area (Å²) in [6.07, 6.45) is 64.9. The minimum atomic E-state index is -0.318. The molecule has 4 heteroatoms. The van der Waals surface area contributed by atoms with E-state index in [-0.39, 0.29) is 5.79 Å². The Hall–Kier alpha value is -1.10. The van der Waals surface area contributed by atoms with E-state index in [1.807, 2.05) is 0 Å². The standard InChI is InChI=1S/C51H94BNO2/c1-4-6-8-10-12-14-16-18-20-22-24-26-28-30-34-38-42-51(43-39-35-31-29-27-25-23-21-19-17-15-13-11-9-7-5-2)54-49-46-48(47-50(49)55-51)53(3)45-41-37-33-32-36-40-44-52/h12-15,18-21,48-50H,4-11,16-17,22-47,52H2,1-3H3/b14-12-,15-13-,20-18-,21-19-/t48-,49-,50+. The van der Waals surface area contributed by atoms with Gasteiger partial charge in [0.15, 0.2) is 5.79 Å². The van der Waals surface area contributed by atoms with E-state index in [9.17, 15) is 0 Å². The van der Waals surface area contributed by atoms with Crippen molar-refractivity contribution in [1.29, 1.82) is 0 Å². The highest BCUT2D eigenvalue weighted by molar-refractivity contribution is 6.08. The number of hydrogen-bond acceptors (Lipinski definition) is 3. The van der Waals surface area contributed by atoms with Crippen LogP contribution >= 0.6 is 0 Å². The van der Waals surface area contributed by atoms with Gasteiger partial charge in [-0.05, 0) is 110 Å². The van der Waals surface area contributed by atoms with Crippen LogP contribution in [-0.4, -0.2) is 50.4 Å². The second-order valence-corrected chi connectivity index (χ2v) is 17.6. The molecule has 1 heterocycles. The SMILES string of the molecule is BCCCCCCCCN(C)[C@H]1C[C@@H]2OC(CCCCCCCC/C=C\C/C=C\CCCCC)(CCCCCCCC/C=C\C/C=C\CCCCC)O[C@@H]2C1. The molecule has 2 fully saturated rings. The van der Waals surface area contributed by atoms with Crippen molar-refractivity contribution in [3.63, 3.8) is 0 Å². The summed E-state index contributed by atoms with van der Waals surface area (Å²) in [4.78, 5) is 2.63. The molecule has 0 spiro atoms. The Balaban J connectivity index is 1.65. The molecule has 1 aliphatic carbocycles. The quantitative estimate of drug-likeness (QED) is 0.0354. The smallest absolute Gasteiger partial charge is 0.169 e. The third-order valence-corrected chi connectivity index (χ3v) is 12.4. The van der Waals surface area contributed by atoms with E-state index in [2.05, 4.69) is 82.2 Å². The van der Waals surface area contributed by atoms with Gasteiger partial charge in [-0.25, -0.2) is 0 Å². The van der Waals surface area contributed by atoms with Gasteiger partial charge in [-0.1, -0.05) is 178 Å². The molecule has 0 unspecified atom stereocenters. The second-order valence-electron chi connectivity index (χ2n) is 17.6. The second kappa shape index (κ2) is 36.0. The average Bonchev–Trinajstić information content (AvgIpc) is 3.74. The molecule has 2 aliphatic rings. The monoisotopic (exact) mass is 764 g/mol. The zero-order valence-corrected chi connectivity index (χ0v) is 37.6.